The van der Waals surface area contributed by atoms with Crippen LogP contribution in [0.3, 0.4) is 0 Å². The topological polar surface area (TPSA) is 58.6 Å². The molecule has 94 valence electrons. The Hall–Kier alpha value is -2.04. The molecular formula is C13H14FN3O. The first-order valence-corrected chi connectivity index (χ1v) is 5.82. The Bertz CT molecular complexity index is 622. The van der Waals surface area contributed by atoms with E-state index in [0.717, 1.165) is 12.6 Å². The molecule has 0 bridgehead atoms. The number of hydrogen-bond donors (Lipinski definition) is 1. The zero-order valence-electron chi connectivity index (χ0n) is 10.3. The molecule has 0 aromatic carbocycles. The Balaban J connectivity index is 2.59. The summed E-state index contributed by atoms with van der Waals surface area (Å²) in [5.74, 6) is 0.179. The predicted molar refractivity (Wildman–Crippen MR) is 66.8 cm³/mol. The van der Waals surface area contributed by atoms with Gasteiger partial charge in [0, 0.05) is 23.7 Å². The van der Waals surface area contributed by atoms with E-state index in [0.29, 0.717) is 29.1 Å². The third-order valence-electron chi connectivity index (χ3n) is 2.67. The van der Waals surface area contributed by atoms with E-state index in [-0.39, 0.29) is 5.56 Å². The van der Waals surface area contributed by atoms with Gasteiger partial charge in [-0.05, 0) is 19.4 Å². The lowest BCUT2D eigenvalue weighted by Crippen LogP contribution is -2.16. The molecule has 0 unspecified atom stereocenters. The number of nitrogens with one attached hydrogen (secondary N) is 1. The molecule has 2 rings (SSSR count). The molecule has 0 saturated heterocycles. The van der Waals surface area contributed by atoms with E-state index < -0.39 is 5.82 Å². The van der Waals surface area contributed by atoms with Crippen LogP contribution in [0.2, 0.25) is 0 Å². The predicted octanol–water partition coefficient (Wildman–Crippen LogP) is 2.23. The number of H-pyrrole nitrogens is 1. The van der Waals surface area contributed by atoms with Gasteiger partial charge in [-0.15, -0.1) is 0 Å². The van der Waals surface area contributed by atoms with Crippen molar-refractivity contribution < 1.29 is 4.39 Å². The molecule has 4 nitrogen and oxygen atoms in total. The summed E-state index contributed by atoms with van der Waals surface area (Å²) in [6, 6.07) is 1.33. The van der Waals surface area contributed by atoms with Crippen LogP contribution < -0.4 is 5.56 Å². The van der Waals surface area contributed by atoms with Gasteiger partial charge in [-0.2, -0.15) is 0 Å². The van der Waals surface area contributed by atoms with Crippen molar-refractivity contribution in [2.45, 2.75) is 26.7 Å². The molecular weight excluding hydrogens is 233 g/mol. The van der Waals surface area contributed by atoms with Crippen LogP contribution in [0, 0.1) is 12.7 Å². The van der Waals surface area contributed by atoms with Crippen LogP contribution >= 0.6 is 0 Å². The summed E-state index contributed by atoms with van der Waals surface area (Å²) in [5, 5.41) is 0. The highest BCUT2D eigenvalue weighted by molar-refractivity contribution is 5.61. The molecule has 18 heavy (non-hydrogen) atoms. The summed E-state index contributed by atoms with van der Waals surface area (Å²) in [4.78, 5) is 22.7. The van der Waals surface area contributed by atoms with Crippen molar-refractivity contribution in [2.75, 3.05) is 0 Å². The molecule has 0 aliphatic rings. The number of halogens is 1. The molecule has 0 atom stereocenters. The highest BCUT2D eigenvalue weighted by Gasteiger charge is 2.10. The molecule has 2 aromatic rings. The second-order valence-electron chi connectivity index (χ2n) is 4.13. The standard InChI is InChI=1S/C13H14FN3O/c1-3-4-11-16-12(8(2)13(18)17-11)9-5-10(14)7-15-6-9/h5-7H,3-4H2,1-2H3,(H,16,17,18). The number of nitrogens with zero attached hydrogens (tertiary/aromatic N) is 2. The number of pyridine rings is 1. The molecule has 0 amide bonds. The zero-order valence-corrected chi connectivity index (χ0v) is 10.3. The van der Waals surface area contributed by atoms with E-state index in [4.69, 9.17) is 0 Å². The average molecular weight is 247 g/mol. The molecule has 0 aliphatic heterocycles. The molecule has 0 fully saturated rings. The van der Waals surface area contributed by atoms with Crippen molar-refractivity contribution in [3.63, 3.8) is 0 Å². The minimum Gasteiger partial charge on any atom is -0.310 e. The average Bonchev–Trinajstić information content (AvgIpc) is 2.34. The Morgan fingerprint density at radius 3 is 2.83 bits per heavy atom. The van der Waals surface area contributed by atoms with Crippen LogP contribution in [0.15, 0.2) is 23.3 Å². The monoisotopic (exact) mass is 247 g/mol. The summed E-state index contributed by atoms with van der Waals surface area (Å²) in [6.07, 6.45) is 4.20. The number of rotatable bonds is 3. The summed E-state index contributed by atoms with van der Waals surface area (Å²) in [7, 11) is 0. The lowest BCUT2D eigenvalue weighted by atomic mass is 10.1. The smallest absolute Gasteiger partial charge is 0.254 e. The maximum Gasteiger partial charge on any atom is 0.254 e. The quantitative estimate of drug-likeness (QED) is 0.904. The first kappa shape index (κ1) is 12.4. The van der Waals surface area contributed by atoms with Crippen LogP contribution in [0.4, 0.5) is 4.39 Å². The van der Waals surface area contributed by atoms with Crippen molar-refractivity contribution in [3.8, 4) is 11.3 Å². The van der Waals surface area contributed by atoms with E-state index >= 15 is 0 Å². The molecule has 0 aliphatic carbocycles. The van der Waals surface area contributed by atoms with Gasteiger partial charge >= 0.3 is 0 Å². The van der Waals surface area contributed by atoms with Crippen molar-refractivity contribution in [1.82, 2.24) is 15.0 Å². The van der Waals surface area contributed by atoms with Gasteiger partial charge in [0.25, 0.3) is 5.56 Å². The van der Waals surface area contributed by atoms with Crippen LogP contribution in [0.25, 0.3) is 11.3 Å². The van der Waals surface area contributed by atoms with E-state index in [1.54, 1.807) is 6.92 Å². The second-order valence-corrected chi connectivity index (χ2v) is 4.13. The minimum absolute atomic E-state index is 0.187. The Morgan fingerprint density at radius 2 is 2.17 bits per heavy atom. The van der Waals surface area contributed by atoms with E-state index in [1.807, 2.05) is 6.92 Å². The van der Waals surface area contributed by atoms with E-state index in [9.17, 15) is 9.18 Å². The lowest BCUT2D eigenvalue weighted by molar-refractivity contribution is 0.622. The first-order valence-electron chi connectivity index (χ1n) is 5.82. The van der Waals surface area contributed by atoms with Gasteiger partial charge < -0.3 is 4.98 Å². The summed E-state index contributed by atoms with van der Waals surface area (Å²) in [6.45, 7) is 3.67. The van der Waals surface area contributed by atoms with Crippen LogP contribution in [0.5, 0.6) is 0 Å². The normalized spacial score (nSPS) is 10.6. The Morgan fingerprint density at radius 1 is 1.39 bits per heavy atom. The zero-order chi connectivity index (χ0) is 13.1. The van der Waals surface area contributed by atoms with Crippen molar-refractivity contribution in [3.05, 3.63) is 46.0 Å². The van der Waals surface area contributed by atoms with Crippen LogP contribution in [0.1, 0.15) is 24.7 Å². The molecule has 2 aromatic heterocycles. The summed E-state index contributed by atoms with van der Waals surface area (Å²) < 4.78 is 13.2. The maximum atomic E-state index is 13.2. The maximum absolute atomic E-state index is 13.2. The van der Waals surface area contributed by atoms with Gasteiger partial charge in [0.2, 0.25) is 0 Å². The fourth-order valence-electron chi connectivity index (χ4n) is 1.76. The van der Waals surface area contributed by atoms with E-state index in [2.05, 4.69) is 15.0 Å². The fraction of sp³-hybridized carbons (Fsp3) is 0.308. The van der Waals surface area contributed by atoms with Gasteiger partial charge in [-0.25, -0.2) is 9.37 Å². The van der Waals surface area contributed by atoms with Crippen LogP contribution in [-0.4, -0.2) is 15.0 Å². The summed E-state index contributed by atoms with van der Waals surface area (Å²) in [5.41, 5.74) is 1.31. The van der Waals surface area contributed by atoms with Crippen LogP contribution in [-0.2, 0) is 6.42 Å². The Labute approximate surface area is 104 Å². The third-order valence-corrected chi connectivity index (χ3v) is 2.67. The SMILES string of the molecule is CCCc1nc(-c2cncc(F)c2)c(C)c(=O)[nH]1. The third kappa shape index (κ3) is 2.45. The Kier molecular flexibility index (Phi) is 3.50. The highest BCUT2D eigenvalue weighted by Crippen LogP contribution is 2.18. The van der Waals surface area contributed by atoms with Gasteiger partial charge in [0.05, 0.1) is 11.9 Å². The van der Waals surface area contributed by atoms with Crippen molar-refractivity contribution >= 4 is 0 Å². The van der Waals surface area contributed by atoms with Crippen molar-refractivity contribution in [1.29, 1.82) is 0 Å². The molecule has 2 heterocycles. The number of aryl methyl sites for hydroxylation is 1. The first-order chi connectivity index (χ1) is 8.61. The lowest BCUT2D eigenvalue weighted by Gasteiger charge is -2.07. The molecule has 0 spiro atoms. The number of aromatic nitrogens is 3. The molecule has 1 N–H and O–H groups in total. The highest BCUT2D eigenvalue weighted by atomic mass is 19.1. The number of aromatic amines is 1. The fourth-order valence-corrected chi connectivity index (χ4v) is 1.76. The largest absolute Gasteiger partial charge is 0.310 e. The minimum atomic E-state index is -0.439. The molecule has 0 saturated carbocycles. The van der Waals surface area contributed by atoms with Gasteiger partial charge in [-0.1, -0.05) is 6.92 Å². The van der Waals surface area contributed by atoms with E-state index in [1.165, 1.54) is 12.3 Å². The molecule has 0 radical (unpaired) electrons. The summed E-state index contributed by atoms with van der Waals surface area (Å²) >= 11 is 0. The number of hydrogen-bond acceptors (Lipinski definition) is 3. The molecule has 5 heteroatoms. The van der Waals surface area contributed by atoms with Crippen molar-refractivity contribution in [2.24, 2.45) is 0 Å². The van der Waals surface area contributed by atoms with Gasteiger partial charge in [0.1, 0.15) is 11.6 Å². The van der Waals surface area contributed by atoms with Gasteiger partial charge in [0.15, 0.2) is 0 Å². The van der Waals surface area contributed by atoms with Gasteiger partial charge in [-0.3, -0.25) is 9.78 Å². The second kappa shape index (κ2) is 5.08.